The number of para-hydroxylation sites is 1. The largest absolute Gasteiger partial charge is 0.416 e. The zero-order chi connectivity index (χ0) is 25.0. The van der Waals surface area contributed by atoms with Gasteiger partial charge >= 0.3 is 6.18 Å². The second-order valence-corrected chi connectivity index (χ2v) is 8.53. The number of aromatic nitrogens is 2. The van der Waals surface area contributed by atoms with E-state index in [1.807, 2.05) is 31.2 Å². The molecule has 10 heteroatoms. The number of aryl methyl sites for hydroxylation is 1. The maximum atomic E-state index is 13.2. The summed E-state index contributed by atoms with van der Waals surface area (Å²) >= 11 is 1.08. The highest BCUT2D eigenvalue weighted by atomic mass is 32.2. The number of alkyl halides is 3. The van der Waals surface area contributed by atoms with Gasteiger partial charge in [0.15, 0.2) is 5.16 Å². The van der Waals surface area contributed by atoms with Crippen molar-refractivity contribution in [1.82, 2.24) is 15.0 Å². The highest BCUT2D eigenvalue weighted by molar-refractivity contribution is 7.99. The fourth-order valence-electron chi connectivity index (χ4n) is 3.23. The number of carbonyl (C=O) groups excluding carboxylic acids is 1. The molecule has 3 aromatic carbocycles. The summed E-state index contributed by atoms with van der Waals surface area (Å²) in [5.41, 5.74) is 3.90. The van der Waals surface area contributed by atoms with Crippen molar-refractivity contribution in [3.63, 3.8) is 0 Å². The molecule has 0 aliphatic carbocycles. The lowest BCUT2D eigenvalue weighted by Gasteiger charge is -2.13. The van der Waals surface area contributed by atoms with Gasteiger partial charge in [0.1, 0.15) is 0 Å². The number of hydrogen-bond acceptors (Lipinski definition) is 5. The van der Waals surface area contributed by atoms with E-state index in [4.69, 9.17) is 0 Å². The van der Waals surface area contributed by atoms with E-state index in [-0.39, 0.29) is 11.3 Å². The van der Waals surface area contributed by atoms with Gasteiger partial charge in [-0.05, 0) is 48.9 Å². The van der Waals surface area contributed by atoms with Crippen molar-refractivity contribution in [3.8, 4) is 5.69 Å². The first kappa shape index (κ1) is 24.2. The van der Waals surface area contributed by atoms with Crippen molar-refractivity contribution in [2.45, 2.75) is 18.3 Å². The van der Waals surface area contributed by atoms with Gasteiger partial charge in [0, 0.05) is 0 Å². The van der Waals surface area contributed by atoms with Gasteiger partial charge in [-0.2, -0.15) is 18.3 Å². The lowest BCUT2D eigenvalue weighted by Crippen LogP contribution is -2.24. The Morgan fingerprint density at radius 1 is 1.06 bits per heavy atom. The molecule has 178 valence electrons. The van der Waals surface area contributed by atoms with Crippen LogP contribution >= 0.6 is 11.8 Å². The minimum atomic E-state index is -4.42. The molecule has 0 saturated carbocycles. The molecule has 0 aliphatic heterocycles. The molecule has 4 aromatic rings. The van der Waals surface area contributed by atoms with E-state index in [2.05, 4.69) is 15.5 Å². The number of hydrogen-bond donors (Lipinski definition) is 1. The van der Waals surface area contributed by atoms with Crippen LogP contribution in [-0.4, -0.2) is 27.4 Å². The van der Waals surface area contributed by atoms with Gasteiger partial charge in [0.05, 0.1) is 34.1 Å². The Kier molecular flexibility index (Phi) is 7.02. The number of thioether (sulfide) groups is 1. The van der Waals surface area contributed by atoms with E-state index in [9.17, 15) is 22.8 Å². The summed E-state index contributed by atoms with van der Waals surface area (Å²) in [6, 6.07) is 18.8. The van der Waals surface area contributed by atoms with Crippen LogP contribution in [0.3, 0.4) is 0 Å². The van der Waals surface area contributed by atoms with Crippen molar-refractivity contribution >= 4 is 34.8 Å². The first-order valence-corrected chi connectivity index (χ1v) is 11.4. The zero-order valence-electron chi connectivity index (χ0n) is 18.4. The molecule has 0 spiro atoms. The van der Waals surface area contributed by atoms with Crippen LogP contribution in [0, 0.1) is 6.92 Å². The van der Waals surface area contributed by atoms with Crippen LogP contribution < -0.4 is 11.0 Å². The first-order valence-electron chi connectivity index (χ1n) is 10.4. The Morgan fingerprint density at radius 3 is 2.43 bits per heavy atom. The number of carbonyl (C=O) groups is 1. The zero-order valence-corrected chi connectivity index (χ0v) is 19.2. The Balaban J connectivity index is 1.50. The fraction of sp³-hybridized carbons (Fsp3) is 0.120. The van der Waals surface area contributed by atoms with Crippen LogP contribution in [0.5, 0.6) is 0 Å². The highest BCUT2D eigenvalue weighted by Gasteiger charge is 2.29. The molecule has 0 bridgehead atoms. The Bertz CT molecular complexity index is 1450. The van der Waals surface area contributed by atoms with Crippen LogP contribution in [0.4, 0.5) is 13.2 Å². The van der Waals surface area contributed by atoms with Gasteiger partial charge in [0.25, 0.3) is 11.5 Å². The SMILES string of the molecule is Cc1ccc(-n2c(SCC(=O)N/N=C/c3ccc(C(F)(F)F)cc3)nc3ccccc3c2=O)cc1. The van der Waals surface area contributed by atoms with Crippen molar-refractivity contribution in [2.75, 3.05) is 5.75 Å². The van der Waals surface area contributed by atoms with Crippen LogP contribution in [0.15, 0.2) is 87.8 Å². The summed E-state index contributed by atoms with van der Waals surface area (Å²) in [5.74, 6) is -0.544. The minimum Gasteiger partial charge on any atom is -0.272 e. The van der Waals surface area contributed by atoms with E-state index in [0.29, 0.717) is 27.3 Å². The Morgan fingerprint density at radius 2 is 1.74 bits per heavy atom. The molecule has 0 atom stereocenters. The summed E-state index contributed by atoms with van der Waals surface area (Å²) in [4.78, 5) is 30.1. The minimum absolute atomic E-state index is 0.0823. The van der Waals surface area contributed by atoms with Crippen LogP contribution in [-0.2, 0) is 11.0 Å². The van der Waals surface area contributed by atoms with E-state index < -0.39 is 17.6 Å². The maximum Gasteiger partial charge on any atom is 0.416 e. The van der Waals surface area contributed by atoms with Gasteiger partial charge in [-0.25, -0.2) is 10.4 Å². The number of nitrogens with zero attached hydrogens (tertiary/aromatic N) is 3. The van der Waals surface area contributed by atoms with Gasteiger partial charge in [-0.1, -0.05) is 53.7 Å². The standard InChI is InChI=1S/C25H19F3N4O2S/c1-16-6-12-19(13-7-16)32-23(34)20-4-2-3-5-21(20)30-24(32)35-15-22(33)31-29-14-17-8-10-18(11-9-17)25(26,27)28/h2-14H,15H2,1H3,(H,31,33)/b29-14+. The predicted molar refractivity (Wildman–Crippen MR) is 130 cm³/mol. The molecule has 0 radical (unpaired) electrons. The van der Waals surface area contributed by atoms with E-state index in [1.54, 1.807) is 24.3 Å². The van der Waals surface area contributed by atoms with Crippen LogP contribution in [0.2, 0.25) is 0 Å². The molecular formula is C25H19F3N4O2S. The molecule has 1 N–H and O–H groups in total. The third-order valence-electron chi connectivity index (χ3n) is 5.01. The molecule has 0 fully saturated rings. The molecule has 1 aromatic heterocycles. The normalized spacial score (nSPS) is 11.8. The second kappa shape index (κ2) is 10.1. The van der Waals surface area contributed by atoms with E-state index in [1.165, 1.54) is 22.9 Å². The Hall–Kier alpha value is -3.92. The highest BCUT2D eigenvalue weighted by Crippen LogP contribution is 2.29. The van der Waals surface area contributed by atoms with Crippen molar-refractivity contribution < 1.29 is 18.0 Å². The van der Waals surface area contributed by atoms with Gasteiger partial charge in [0.2, 0.25) is 0 Å². The number of amides is 1. The molecule has 35 heavy (non-hydrogen) atoms. The lowest BCUT2D eigenvalue weighted by molar-refractivity contribution is -0.137. The monoisotopic (exact) mass is 496 g/mol. The second-order valence-electron chi connectivity index (χ2n) is 7.59. The average molecular weight is 497 g/mol. The number of hydrazone groups is 1. The molecular weight excluding hydrogens is 477 g/mol. The third kappa shape index (κ3) is 5.78. The third-order valence-corrected chi connectivity index (χ3v) is 5.95. The van der Waals surface area contributed by atoms with Crippen LogP contribution in [0.25, 0.3) is 16.6 Å². The fourth-order valence-corrected chi connectivity index (χ4v) is 4.04. The molecule has 0 aliphatic rings. The number of rotatable bonds is 6. The predicted octanol–water partition coefficient (Wildman–Crippen LogP) is 4.96. The van der Waals surface area contributed by atoms with Gasteiger partial charge in [-0.15, -0.1) is 0 Å². The molecule has 6 nitrogen and oxygen atoms in total. The summed E-state index contributed by atoms with van der Waals surface area (Å²) in [6.07, 6.45) is -3.17. The van der Waals surface area contributed by atoms with E-state index >= 15 is 0 Å². The summed E-state index contributed by atoms with van der Waals surface area (Å²) in [7, 11) is 0. The van der Waals surface area contributed by atoms with Crippen molar-refractivity contribution in [1.29, 1.82) is 0 Å². The van der Waals surface area contributed by atoms with E-state index in [0.717, 1.165) is 29.5 Å². The quantitative estimate of drug-likeness (QED) is 0.177. The summed E-state index contributed by atoms with van der Waals surface area (Å²) < 4.78 is 39.4. The Labute approximate surface area is 202 Å². The summed E-state index contributed by atoms with van der Waals surface area (Å²) in [5, 5.41) is 4.60. The van der Waals surface area contributed by atoms with Gasteiger partial charge < -0.3 is 0 Å². The van der Waals surface area contributed by atoms with Crippen LogP contribution in [0.1, 0.15) is 16.7 Å². The molecule has 0 saturated heterocycles. The number of halogens is 3. The first-order chi connectivity index (χ1) is 16.7. The van der Waals surface area contributed by atoms with Gasteiger partial charge in [-0.3, -0.25) is 14.2 Å². The van der Waals surface area contributed by atoms with Crippen molar-refractivity contribution in [3.05, 3.63) is 99.8 Å². The molecule has 0 unspecified atom stereocenters. The topological polar surface area (TPSA) is 76.3 Å². The molecule has 1 amide bonds. The average Bonchev–Trinajstić information content (AvgIpc) is 2.83. The molecule has 1 heterocycles. The smallest absolute Gasteiger partial charge is 0.272 e. The number of nitrogens with one attached hydrogen (secondary N) is 1. The maximum absolute atomic E-state index is 13.2. The summed E-state index contributed by atoms with van der Waals surface area (Å²) in [6.45, 7) is 1.94. The molecule has 4 rings (SSSR count). The lowest BCUT2D eigenvalue weighted by atomic mass is 10.1. The van der Waals surface area contributed by atoms with Crippen molar-refractivity contribution in [2.24, 2.45) is 5.10 Å². The number of benzene rings is 3. The number of fused-ring (bicyclic) bond motifs is 1.